The van der Waals surface area contributed by atoms with Gasteiger partial charge in [-0.25, -0.2) is 14.2 Å². The number of urea groups is 1. The van der Waals surface area contributed by atoms with E-state index in [9.17, 15) is 22.4 Å². The van der Waals surface area contributed by atoms with Crippen LogP contribution in [0, 0.1) is 5.82 Å². The zero-order valence-electron chi connectivity index (χ0n) is 21.9. The van der Waals surface area contributed by atoms with Gasteiger partial charge in [-0.3, -0.25) is 0 Å². The second-order valence-corrected chi connectivity index (χ2v) is 10.2. The first-order chi connectivity index (χ1) is 18.6. The Kier molecular flexibility index (Phi) is 7.04. The summed E-state index contributed by atoms with van der Waals surface area (Å²) in [4.78, 5) is 18.7. The zero-order valence-corrected chi connectivity index (χ0v) is 21.9. The van der Waals surface area contributed by atoms with Gasteiger partial charge in [0.2, 0.25) is 0 Å². The molecule has 0 unspecified atom stereocenters. The van der Waals surface area contributed by atoms with Gasteiger partial charge in [0.25, 0.3) is 0 Å². The number of anilines is 1. The standard InChI is InChI=1S/C28H30F4N4O3/c1-36-12-11-27(16-7-8-21(38-2)22(13-16)39-3)10-9-17(14-24(27)36)33-26(37)34-20-15-23(28(30,31)32)35-25-18(20)5-4-6-19(25)29/h4-8,13,15,17,24H,9-12,14H2,1-3H3,(H2,33,34,35,37)/t17-,24+,27-/m0/s1. The molecule has 3 atom stereocenters. The molecule has 39 heavy (non-hydrogen) atoms. The summed E-state index contributed by atoms with van der Waals surface area (Å²) in [6, 6.07) is 9.85. The maximum Gasteiger partial charge on any atom is 0.433 e. The van der Waals surface area contributed by atoms with Gasteiger partial charge in [0.1, 0.15) is 17.0 Å². The van der Waals surface area contributed by atoms with Crippen LogP contribution in [-0.2, 0) is 11.6 Å². The van der Waals surface area contributed by atoms with Crippen LogP contribution in [0.1, 0.15) is 36.9 Å². The largest absolute Gasteiger partial charge is 0.493 e. The Balaban J connectivity index is 1.35. The number of hydrogen-bond donors (Lipinski definition) is 2. The summed E-state index contributed by atoms with van der Waals surface area (Å²) >= 11 is 0. The molecule has 1 saturated carbocycles. The summed E-state index contributed by atoms with van der Waals surface area (Å²) in [5, 5.41) is 5.53. The highest BCUT2D eigenvalue weighted by molar-refractivity contribution is 6.00. The lowest BCUT2D eigenvalue weighted by Crippen LogP contribution is -2.52. The summed E-state index contributed by atoms with van der Waals surface area (Å²) in [5.41, 5.74) is -0.850. The number of aromatic nitrogens is 1. The molecule has 0 radical (unpaired) electrons. The number of likely N-dealkylation sites (N-methyl/N-ethyl adjacent to an activating group) is 1. The first-order valence-electron chi connectivity index (χ1n) is 12.7. The summed E-state index contributed by atoms with van der Waals surface area (Å²) < 4.78 is 65.5. The SMILES string of the molecule is COc1ccc([C@@]23CC[C@H](NC(=O)Nc4cc(C(F)(F)F)nc5c(F)cccc45)C[C@H]2N(C)CC3)cc1OC. The molecule has 2 aliphatic rings. The molecule has 1 aliphatic heterocycles. The second-order valence-electron chi connectivity index (χ2n) is 10.2. The summed E-state index contributed by atoms with van der Waals surface area (Å²) in [7, 11) is 5.26. The fourth-order valence-electron chi connectivity index (χ4n) is 6.20. The van der Waals surface area contributed by atoms with Crippen molar-refractivity contribution >= 4 is 22.6 Å². The van der Waals surface area contributed by atoms with Crippen LogP contribution in [0.25, 0.3) is 10.9 Å². The highest BCUT2D eigenvalue weighted by Gasteiger charge is 2.50. The number of fused-ring (bicyclic) bond motifs is 2. The number of benzene rings is 2. The average molecular weight is 547 g/mol. The van der Waals surface area contributed by atoms with E-state index in [0.717, 1.165) is 37.1 Å². The number of methoxy groups -OCH3 is 2. The van der Waals surface area contributed by atoms with Crippen molar-refractivity contribution in [2.75, 3.05) is 33.1 Å². The Morgan fingerprint density at radius 2 is 1.87 bits per heavy atom. The maximum atomic E-state index is 14.3. The van der Waals surface area contributed by atoms with Crippen molar-refractivity contribution in [3.05, 3.63) is 59.5 Å². The third kappa shape index (κ3) is 4.95. The van der Waals surface area contributed by atoms with Crippen molar-refractivity contribution < 1.29 is 31.8 Å². The Hall–Kier alpha value is -3.60. The topological polar surface area (TPSA) is 75.7 Å². The van der Waals surface area contributed by atoms with E-state index in [2.05, 4.69) is 33.6 Å². The Labute approximate surface area is 223 Å². The number of likely N-dealkylation sites (tertiary alicyclic amines) is 1. The number of pyridine rings is 1. The highest BCUT2D eigenvalue weighted by atomic mass is 19.4. The van der Waals surface area contributed by atoms with E-state index in [-0.39, 0.29) is 28.6 Å². The molecule has 2 heterocycles. The lowest BCUT2D eigenvalue weighted by atomic mass is 9.65. The Morgan fingerprint density at radius 1 is 1.10 bits per heavy atom. The quantitative estimate of drug-likeness (QED) is 0.400. The summed E-state index contributed by atoms with van der Waals surface area (Å²) in [5.74, 6) is 0.423. The van der Waals surface area contributed by atoms with E-state index in [1.807, 2.05) is 12.1 Å². The number of alkyl halides is 3. The Bertz CT molecular complexity index is 1400. The molecule has 2 amide bonds. The molecule has 11 heteroatoms. The van der Waals surface area contributed by atoms with Crippen LogP contribution in [0.15, 0.2) is 42.5 Å². The molecule has 0 spiro atoms. The highest BCUT2D eigenvalue weighted by Crippen LogP contribution is 2.50. The number of para-hydroxylation sites is 1. The molecule has 2 fully saturated rings. The van der Waals surface area contributed by atoms with Crippen LogP contribution >= 0.6 is 0 Å². The summed E-state index contributed by atoms with van der Waals surface area (Å²) in [6.45, 7) is 0.896. The lowest BCUT2D eigenvalue weighted by Gasteiger charge is -2.45. The first-order valence-corrected chi connectivity index (χ1v) is 12.7. The lowest BCUT2D eigenvalue weighted by molar-refractivity contribution is -0.140. The van der Waals surface area contributed by atoms with Crippen molar-refractivity contribution in [1.82, 2.24) is 15.2 Å². The van der Waals surface area contributed by atoms with Gasteiger partial charge in [-0.1, -0.05) is 18.2 Å². The smallest absolute Gasteiger partial charge is 0.433 e. The van der Waals surface area contributed by atoms with Gasteiger partial charge in [0, 0.05) is 22.9 Å². The van der Waals surface area contributed by atoms with E-state index in [1.165, 1.54) is 12.1 Å². The molecule has 2 aromatic carbocycles. The number of carbonyl (C=O) groups is 1. The number of amides is 2. The van der Waals surface area contributed by atoms with Crippen LogP contribution in [-0.4, -0.2) is 55.8 Å². The van der Waals surface area contributed by atoms with Crippen molar-refractivity contribution in [1.29, 1.82) is 0 Å². The third-order valence-corrected chi connectivity index (χ3v) is 8.15. The molecule has 0 bridgehead atoms. The predicted molar refractivity (Wildman–Crippen MR) is 139 cm³/mol. The molecular formula is C28H30F4N4O3. The molecule has 5 rings (SSSR count). The first kappa shape index (κ1) is 27.0. The van der Waals surface area contributed by atoms with E-state index < -0.39 is 29.2 Å². The van der Waals surface area contributed by atoms with Gasteiger partial charge in [-0.05, 0) is 69.1 Å². The zero-order chi connectivity index (χ0) is 27.9. The maximum absolute atomic E-state index is 14.3. The number of nitrogens with one attached hydrogen (secondary N) is 2. The van der Waals surface area contributed by atoms with Gasteiger partial charge >= 0.3 is 12.2 Å². The number of halogens is 4. The molecule has 2 N–H and O–H groups in total. The van der Waals surface area contributed by atoms with Gasteiger partial charge < -0.3 is 25.0 Å². The molecule has 208 valence electrons. The molecule has 3 aromatic rings. The van der Waals surface area contributed by atoms with E-state index in [0.29, 0.717) is 24.3 Å². The van der Waals surface area contributed by atoms with Crippen molar-refractivity contribution in [2.24, 2.45) is 0 Å². The predicted octanol–water partition coefficient (Wildman–Crippen LogP) is 5.73. The summed E-state index contributed by atoms with van der Waals surface area (Å²) in [6.07, 6.45) is -1.68. The van der Waals surface area contributed by atoms with Crippen molar-refractivity contribution in [2.45, 2.75) is 49.4 Å². The minimum Gasteiger partial charge on any atom is -0.493 e. The van der Waals surface area contributed by atoms with Gasteiger partial charge in [0.05, 0.1) is 19.9 Å². The average Bonchev–Trinajstić information content (AvgIpc) is 3.24. The van der Waals surface area contributed by atoms with E-state index in [4.69, 9.17) is 9.47 Å². The minimum absolute atomic E-state index is 0.0878. The van der Waals surface area contributed by atoms with Crippen LogP contribution in [0.5, 0.6) is 11.5 Å². The van der Waals surface area contributed by atoms with Crippen molar-refractivity contribution in [3.8, 4) is 11.5 Å². The van der Waals surface area contributed by atoms with E-state index in [1.54, 1.807) is 14.2 Å². The normalized spacial score (nSPS) is 23.4. The second kappa shape index (κ2) is 10.2. The van der Waals surface area contributed by atoms with Crippen molar-refractivity contribution in [3.63, 3.8) is 0 Å². The number of ether oxygens (including phenoxy) is 2. The molecule has 7 nitrogen and oxygen atoms in total. The Morgan fingerprint density at radius 3 is 2.59 bits per heavy atom. The number of hydrogen-bond acceptors (Lipinski definition) is 5. The molecule has 1 saturated heterocycles. The van der Waals surface area contributed by atoms with Gasteiger partial charge in [-0.2, -0.15) is 13.2 Å². The fraction of sp³-hybridized carbons (Fsp3) is 0.429. The van der Waals surface area contributed by atoms with Crippen LogP contribution < -0.4 is 20.1 Å². The number of rotatable bonds is 5. The third-order valence-electron chi connectivity index (χ3n) is 8.15. The number of carbonyl (C=O) groups excluding carboxylic acids is 1. The fourth-order valence-corrected chi connectivity index (χ4v) is 6.20. The van der Waals surface area contributed by atoms with Crippen LogP contribution in [0.2, 0.25) is 0 Å². The van der Waals surface area contributed by atoms with Crippen LogP contribution in [0.3, 0.4) is 0 Å². The van der Waals surface area contributed by atoms with Gasteiger partial charge in [-0.15, -0.1) is 0 Å². The van der Waals surface area contributed by atoms with E-state index >= 15 is 0 Å². The molecule has 1 aliphatic carbocycles. The van der Waals surface area contributed by atoms with Crippen LogP contribution in [0.4, 0.5) is 28.0 Å². The monoisotopic (exact) mass is 546 g/mol. The van der Waals surface area contributed by atoms with Gasteiger partial charge in [0.15, 0.2) is 11.5 Å². The number of nitrogens with zero attached hydrogens (tertiary/aromatic N) is 2. The minimum atomic E-state index is -4.80. The molecule has 1 aromatic heterocycles. The molecular weight excluding hydrogens is 516 g/mol.